The first-order valence-corrected chi connectivity index (χ1v) is 8.48. The van der Waals surface area contributed by atoms with Crippen LogP contribution in [-0.2, 0) is 19.0 Å². The second-order valence-electron chi connectivity index (χ2n) is 6.87. The molecule has 0 N–H and O–H groups in total. The number of hydrogen-bond acceptors (Lipinski definition) is 6. The van der Waals surface area contributed by atoms with Crippen molar-refractivity contribution in [2.24, 2.45) is 7.05 Å². The van der Waals surface area contributed by atoms with E-state index in [2.05, 4.69) is 44.5 Å². The summed E-state index contributed by atoms with van der Waals surface area (Å²) >= 11 is 1.52. The number of hydrogen-bond donors (Lipinski definition) is 0. The Morgan fingerprint density at radius 1 is 1.18 bits per heavy atom. The van der Waals surface area contributed by atoms with Gasteiger partial charge in [0.25, 0.3) is 0 Å². The predicted molar refractivity (Wildman–Crippen MR) is 89.3 cm³/mol. The number of aryl methyl sites for hydroxylation is 1. The molecule has 0 amide bonds. The third-order valence-electron chi connectivity index (χ3n) is 4.01. The standard InChI is InChI=1S/C15H24N6S/c1-15(2,3)13-17-14(22-18-13)21-9-7-20(8-10-21)11-12-16-5-6-19(12)4/h5-6H,7-11H2,1-4H3. The van der Waals surface area contributed by atoms with Gasteiger partial charge in [0.1, 0.15) is 11.6 Å². The molecule has 0 aromatic carbocycles. The first-order valence-electron chi connectivity index (χ1n) is 7.71. The predicted octanol–water partition coefficient (Wildman–Crippen LogP) is 1.89. The minimum atomic E-state index is 0.0226. The van der Waals surface area contributed by atoms with Crippen LogP contribution in [-0.4, -0.2) is 50.0 Å². The molecular weight excluding hydrogens is 296 g/mol. The fourth-order valence-corrected chi connectivity index (χ4v) is 3.40. The Morgan fingerprint density at radius 3 is 2.45 bits per heavy atom. The van der Waals surface area contributed by atoms with Crippen LogP contribution in [0.4, 0.5) is 5.13 Å². The van der Waals surface area contributed by atoms with Crippen molar-refractivity contribution >= 4 is 16.7 Å². The Balaban J connectivity index is 1.57. The van der Waals surface area contributed by atoms with Gasteiger partial charge in [0.15, 0.2) is 0 Å². The lowest BCUT2D eigenvalue weighted by Crippen LogP contribution is -2.46. The van der Waals surface area contributed by atoms with Crippen LogP contribution in [0.15, 0.2) is 12.4 Å². The summed E-state index contributed by atoms with van der Waals surface area (Å²) in [5.41, 5.74) is 0.0226. The van der Waals surface area contributed by atoms with E-state index in [1.807, 2.05) is 19.4 Å². The van der Waals surface area contributed by atoms with Gasteiger partial charge in [0.05, 0.1) is 6.54 Å². The van der Waals surface area contributed by atoms with Crippen LogP contribution < -0.4 is 4.90 Å². The van der Waals surface area contributed by atoms with Crippen LogP contribution in [0.25, 0.3) is 0 Å². The third-order valence-corrected chi connectivity index (χ3v) is 4.79. The van der Waals surface area contributed by atoms with Crippen LogP contribution in [0.5, 0.6) is 0 Å². The Bertz CT molecular complexity index is 618. The molecule has 1 aliphatic heterocycles. The number of rotatable bonds is 3. The second-order valence-corrected chi connectivity index (χ2v) is 7.60. The Labute approximate surface area is 136 Å². The minimum Gasteiger partial charge on any atom is -0.344 e. The van der Waals surface area contributed by atoms with Gasteiger partial charge in [0.2, 0.25) is 5.13 Å². The van der Waals surface area contributed by atoms with Crippen LogP contribution >= 0.6 is 11.5 Å². The van der Waals surface area contributed by atoms with Gasteiger partial charge in [-0.1, -0.05) is 20.8 Å². The van der Waals surface area contributed by atoms with E-state index in [1.54, 1.807) is 0 Å². The third kappa shape index (κ3) is 3.30. The highest BCUT2D eigenvalue weighted by Crippen LogP contribution is 2.26. The number of aromatic nitrogens is 4. The molecule has 120 valence electrons. The lowest BCUT2D eigenvalue weighted by Gasteiger charge is -2.34. The van der Waals surface area contributed by atoms with Crippen molar-refractivity contribution in [1.29, 1.82) is 0 Å². The maximum Gasteiger partial charge on any atom is 0.205 e. The minimum absolute atomic E-state index is 0.0226. The fraction of sp³-hybridized carbons (Fsp3) is 0.667. The molecule has 7 heteroatoms. The molecule has 6 nitrogen and oxygen atoms in total. The quantitative estimate of drug-likeness (QED) is 0.864. The summed E-state index contributed by atoms with van der Waals surface area (Å²) < 4.78 is 6.61. The zero-order chi connectivity index (χ0) is 15.7. The molecule has 3 rings (SSSR count). The molecule has 0 radical (unpaired) electrons. The van der Waals surface area contributed by atoms with E-state index >= 15 is 0 Å². The molecule has 0 spiro atoms. The summed E-state index contributed by atoms with van der Waals surface area (Å²) in [7, 11) is 2.05. The summed E-state index contributed by atoms with van der Waals surface area (Å²) in [6, 6.07) is 0. The van der Waals surface area contributed by atoms with Gasteiger partial charge in [-0.25, -0.2) is 9.97 Å². The monoisotopic (exact) mass is 320 g/mol. The van der Waals surface area contributed by atoms with Crippen molar-refractivity contribution in [2.45, 2.75) is 32.7 Å². The highest BCUT2D eigenvalue weighted by molar-refractivity contribution is 7.09. The summed E-state index contributed by atoms with van der Waals surface area (Å²) in [5.74, 6) is 2.07. The second kappa shape index (κ2) is 5.96. The smallest absolute Gasteiger partial charge is 0.205 e. The van der Waals surface area contributed by atoms with Crippen LogP contribution in [0, 0.1) is 0 Å². The summed E-state index contributed by atoms with van der Waals surface area (Å²) in [4.78, 5) is 13.9. The highest BCUT2D eigenvalue weighted by atomic mass is 32.1. The molecule has 0 saturated carbocycles. The number of nitrogens with zero attached hydrogens (tertiary/aromatic N) is 6. The zero-order valence-corrected chi connectivity index (χ0v) is 14.6. The zero-order valence-electron chi connectivity index (χ0n) is 13.8. The highest BCUT2D eigenvalue weighted by Gasteiger charge is 2.24. The van der Waals surface area contributed by atoms with E-state index in [0.717, 1.165) is 49.5 Å². The van der Waals surface area contributed by atoms with Gasteiger partial charge >= 0.3 is 0 Å². The van der Waals surface area contributed by atoms with Crippen molar-refractivity contribution in [3.63, 3.8) is 0 Å². The SMILES string of the molecule is Cn1ccnc1CN1CCN(c2nc(C(C)(C)C)ns2)CC1. The van der Waals surface area contributed by atoms with E-state index in [9.17, 15) is 0 Å². The van der Waals surface area contributed by atoms with Crippen molar-refractivity contribution in [3.8, 4) is 0 Å². The van der Waals surface area contributed by atoms with E-state index < -0.39 is 0 Å². The fourth-order valence-electron chi connectivity index (χ4n) is 2.49. The average Bonchev–Trinajstić information content (AvgIpc) is 3.09. The molecule has 0 unspecified atom stereocenters. The molecular formula is C15H24N6S. The molecule has 0 atom stereocenters. The van der Waals surface area contributed by atoms with Crippen molar-refractivity contribution in [2.75, 3.05) is 31.1 Å². The molecule has 22 heavy (non-hydrogen) atoms. The molecule has 2 aromatic rings. The molecule has 1 fully saturated rings. The molecule has 1 aliphatic rings. The topological polar surface area (TPSA) is 50.1 Å². The Kier molecular flexibility index (Phi) is 4.18. The lowest BCUT2D eigenvalue weighted by atomic mass is 9.96. The van der Waals surface area contributed by atoms with E-state index in [-0.39, 0.29) is 5.41 Å². The summed E-state index contributed by atoms with van der Waals surface area (Å²) in [6.07, 6.45) is 3.86. The lowest BCUT2D eigenvalue weighted by molar-refractivity contribution is 0.241. The van der Waals surface area contributed by atoms with Crippen molar-refractivity contribution in [3.05, 3.63) is 24.0 Å². The average molecular weight is 320 g/mol. The van der Waals surface area contributed by atoms with Gasteiger partial charge in [-0.15, -0.1) is 0 Å². The van der Waals surface area contributed by atoms with Gasteiger partial charge in [-0.3, -0.25) is 4.90 Å². The van der Waals surface area contributed by atoms with Gasteiger partial charge in [-0.2, -0.15) is 4.37 Å². The molecule has 0 aliphatic carbocycles. The van der Waals surface area contributed by atoms with Gasteiger partial charge in [-0.05, 0) is 0 Å². The van der Waals surface area contributed by atoms with Crippen molar-refractivity contribution < 1.29 is 0 Å². The normalized spacial score (nSPS) is 17.2. The maximum absolute atomic E-state index is 4.72. The van der Waals surface area contributed by atoms with Gasteiger partial charge in [0, 0.05) is 62.6 Å². The largest absolute Gasteiger partial charge is 0.344 e. The molecule has 0 bridgehead atoms. The first kappa shape index (κ1) is 15.4. The number of anilines is 1. The van der Waals surface area contributed by atoms with Crippen molar-refractivity contribution in [1.82, 2.24) is 23.8 Å². The van der Waals surface area contributed by atoms with E-state index in [1.165, 1.54) is 11.5 Å². The number of piperazine rings is 1. The van der Waals surface area contributed by atoms with E-state index in [0.29, 0.717) is 0 Å². The van der Waals surface area contributed by atoms with Gasteiger partial charge < -0.3 is 9.47 Å². The summed E-state index contributed by atoms with van der Waals surface area (Å²) in [5, 5.41) is 1.06. The Morgan fingerprint density at radius 2 is 1.91 bits per heavy atom. The molecule has 1 saturated heterocycles. The first-order chi connectivity index (χ1) is 10.4. The van der Waals surface area contributed by atoms with Crippen LogP contribution in [0.2, 0.25) is 0 Å². The summed E-state index contributed by atoms with van der Waals surface area (Å²) in [6.45, 7) is 11.5. The van der Waals surface area contributed by atoms with E-state index in [4.69, 9.17) is 4.98 Å². The molecule has 3 heterocycles. The van der Waals surface area contributed by atoms with Crippen LogP contribution in [0.1, 0.15) is 32.4 Å². The van der Waals surface area contributed by atoms with Crippen LogP contribution in [0.3, 0.4) is 0 Å². The Hall–Kier alpha value is -1.47. The maximum atomic E-state index is 4.72. The molecule has 2 aromatic heterocycles. The number of imidazole rings is 1.